The maximum atomic E-state index is 12.0. The Kier molecular flexibility index (Phi) is 12.1. The van der Waals surface area contributed by atoms with Crippen molar-refractivity contribution >= 4 is 0 Å². The van der Waals surface area contributed by atoms with E-state index < -0.39 is 6.67 Å². The van der Waals surface area contributed by atoms with Crippen molar-refractivity contribution < 1.29 is 4.39 Å². The third-order valence-electron chi connectivity index (χ3n) is 4.79. The van der Waals surface area contributed by atoms with Gasteiger partial charge in [0.05, 0.1) is 0 Å². The molecule has 0 unspecified atom stereocenters. The molecule has 148 valence electrons. The minimum absolute atomic E-state index is 0.0693. The Morgan fingerprint density at radius 1 is 1.11 bits per heavy atom. The molecule has 0 atom stereocenters. The van der Waals surface area contributed by atoms with E-state index in [0.29, 0.717) is 5.57 Å². The number of unbranched alkanes of at least 4 members (excludes halogenated alkanes) is 1. The average Bonchev–Trinajstić information content (AvgIpc) is 2.62. The van der Waals surface area contributed by atoms with Gasteiger partial charge in [-0.2, -0.15) is 0 Å². The highest BCUT2D eigenvalue weighted by atomic mass is 19.1. The summed E-state index contributed by atoms with van der Waals surface area (Å²) in [4.78, 5) is 0. The van der Waals surface area contributed by atoms with E-state index in [1.807, 2.05) is 6.08 Å². The summed E-state index contributed by atoms with van der Waals surface area (Å²) in [5.41, 5.74) is 5.67. The third-order valence-corrected chi connectivity index (χ3v) is 4.79. The molecule has 27 heavy (non-hydrogen) atoms. The van der Waals surface area contributed by atoms with E-state index in [-0.39, 0.29) is 5.41 Å². The fourth-order valence-electron chi connectivity index (χ4n) is 3.17. The number of hydrogen-bond donors (Lipinski definition) is 0. The number of alkyl halides is 1. The highest BCUT2D eigenvalue weighted by Crippen LogP contribution is 2.39. The van der Waals surface area contributed by atoms with E-state index in [1.54, 1.807) is 0 Å². The molecule has 0 aliphatic heterocycles. The van der Waals surface area contributed by atoms with Crippen LogP contribution < -0.4 is 0 Å². The first-order chi connectivity index (χ1) is 12.7. The van der Waals surface area contributed by atoms with E-state index in [4.69, 9.17) is 0 Å². The van der Waals surface area contributed by atoms with Crippen molar-refractivity contribution in [2.24, 2.45) is 5.41 Å². The number of allylic oxidation sites excluding steroid dienone is 8. The van der Waals surface area contributed by atoms with Crippen molar-refractivity contribution in [3.8, 4) is 11.8 Å². The first-order valence-corrected chi connectivity index (χ1v) is 9.78. The van der Waals surface area contributed by atoms with Gasteiger partial charge in [0.1, 0.15) is 6.67 Å². The lowest BCUT2D eigenvalue weighted by molar-refractivity contribution is 0.413. The van der Waals surface area contributed by atoms with Gasteiger partial charge in [-0.3, -0.25) is 0 Å². The van der Waals surface area contributed by atoms with Gasteiger partial charge in [-0.05, 0) is 62.2 Å². The lowest BCUT2D eigenvalue weighted by atomic mass is 9.74. The highest BCUT2D eigenvalue weighted by molar-refractivity contribution is 5.44. The predicted molar refractivity (Wildman–Crippen MR) is 120 cm³/mol. The molecule has 0 aromatic carbocycles. The van der Waals surface area contributed by atoms with Crippen LogP contribution >= 0.6 is 0 Å². The van der Waals surface area contributed by atoms with E-state index >= 15 is 0 Å². The lowest BCUT2D eigenvalue weighted by Crippen LogP contribution is -2.17. The molecule has 0 heterocycles. The van der Waals surface area contributed by atoms with Gasteiger partial charge in [-0.1, -0.05) is 88.1 Å². The van der Waals surface area contributed by atoms with Crippen molar-refractivity contribution in [1.82, 2.24) is 0 Å². The molecule has 0 aromatic rings. The number of halogens is 1. The Labute approximate surface area is 167 Å². The Hall–Kier alpha value is -2.07. The molecule has 0 bridgehead atoms. The molecule has 0 nitrogen and oxygen atoms in total. The second-order valence-corrected chi connectivity index (χ2v) is 7.69. The van der Waals surface area contributed by atoms with Gasteiger partial charge in [0, 0.05) is 5.57 Å². The number of rotatable bonds is 12. The first-order valence-electron chi connectivity index (χ1n) is 9.78. The standard InChI is InChI=1S/C26H37F/c1-9-11-16-25(22(4)10-2)26(7,8)20-21(3)17-18-24(6)23(5)15-13-12-14-19-27/h10,12,14H,2-3,5-6,9,11,16-20H2,1,4,7-8H3/b14-12-,25-22+. The van der Waals surface area contributed by atoms with Gasteiger partial charge in [-0.15, -0.1) is 0 Å². The molecule has 0 saturated carbocycles. The van der Waals surface area contributed by atoms with Crippen molar-refractivity contribution in [2.45, 2.75) is 66.2 Å². The Morgan fingerprint density at radius 3 is 2.33 bits per heavy atom. The van der Waals surface area contributed by atoms with Gasteiger partial charge in [0.2, 0.25) is 0 Å². The quantitative estimate of drug-likeness (QED) is 0.185. The van der Waals surface area contributed by atoms with Crippen LogP contribution in [0.15, 0.2) is 72.4 Å². The summed E-state index contributed by atoms with van der Waals surface area (Å²) in [7, 11) is 0. The summed E-state index contributed by atoms with van der Waals surface area (Å²) in [6.45, 7) is 24.8. The van der Waals surface area contributed by atoms with E-state index in [9.17, 15) is 4.39 Å². The fourth-order valence-corrected chi connectivity index (χ4v) is 3.17. The van der Waals surface area contributed by atoms with Crippen LogP contribution in [-0.4, -0.2) is 6.67 Å². The van der Waals surface area contributed by atoms with Crippen LogP contribution in [0.25, 0.3) is 0 Å². The monoisotopic (exact) mass is 368 g/mol. The highest BCUT2D eigenvalue weighted by Gasteiger charge is 2.25. The van der Waals surface area contributed by atoms with Crippen molar-refractivity contribution in [3.05, 3.63) is 72.4 Å². The second-order valence-electron chi connectivity index (χ2n) is 7.69. The number of hydrogen-bond acceptors (Lipinski definition) is 0. The third kappa shape index (κ3) is 10.00. The molecular weight excluding hydrogens is 331 g/mol. The molecule has 0 aliphatic carbocycles. The summed E-state index contributed by atoms with van der Waals surface area (Å²) < 4.78 is 12.0. The Morgan fingerprint density at radius 2 is 1.78 bits per heavy atom. The van der Waals surface area contributed by atoms with Gasteiger partial charge in [0.25, 0.3) is 0 Å². The summed E-state index contributed by atoms with van der Waals surface area (Å²) in [5, 5.41) is 0. The molecular formula is C26H37F. The molecule has 0 saturated heterocycles. The molecule has 0 amide bonds. The maximum Gasteiger partial charge on any atom is 0.109 e. The Bertz CT molecular complexity index is 656. The largest absolute Gasteiger partial charge is 0.247 e. The van der Waals surface area contributed by atoms with E-state index in [1.165, 1.54) is 41.7 Å². The zero-order valence-electron chi connectivity index (χ0n) is 17.9. The topological polar surface area (TPSA) is 0 Å². The molecule has 0 radical (unpaired) electrons. The maximum absolute atomic E-state index is 12.0. The average molecular weight is 369 g/mol. The van der Waals surface area contributed by atoms with Gasteiger partial charge in [0.15, 0.2) is 0 Å². The molecule has 0 aromatic heterocycles. The van der Waals surface area contributed by atoms with Crippen LogP contribution in [0.2, 0.25) is 0 Å². The van der Waals surface area contributed by atoms with Crippen LogP contribution in [0.5, 0.6) is 0 Å². The summed E-state index contributed by atoms with van der Waals surface area (Å²) in [6.07, 6.45) is 11.0. The summed E-state index contributed by atoms with van der Waals surface area (Å²) in [5.74, 6) is 5.68. The predicted octanol–water partition coefficient (Wildman–Crippen LogP) is 8.07. The van der Waals surface area contributed by atoms with Gasteiger partial charge < -0.3 is 0 Å². The second kappa shape index (κ2) is 13.2. The van der Waals surface area contributed by atoms with Gasteiger partial charge >= 0.3 is 0 Å². The lowest BCUT2D eigenvalue weighted by Gasteiger charge is -2.31. The molecule has 0 N–H and O–H groups in total. The zero-order chi connectivity index (χ0) is 20.9. The molecule has 0 aliphatic rings. The normalized spacial score (nSPS) is 12.2. The van der Waals surface area contributed by atoms with Gasteiger partial charge in [-0.25, -0.2) is 4.39 Å². The molecule has 0 fully saturated rings. The Balaban J connectivity index is 4.84. The minimum atomic E-state index is -0.502. The fraction of sp³-hybridized carbons (Fsp3) is 0.462. The SMILES string of the molecule is C=C/C(C)=C(\CCCC)C(C)(C)CC(=C)CCC(=C)C(=C)C#C/C=C\CF. The smallest absolute Gasteiger partial charge is 0.109 e. The van der Waals surface area contributed by atoms with E-state index in [2.05, 4.69) is 65.9 Å². The van der Waals surface area contributed by atoms with Crippen molar-refractivity contribution in [1.29, 1.82) is 0 Å². The molecule has 0 rings (SSSR count). The summed E-state index contributed by atoms with van der Waals surface area (Å²) in [6, 6.07) is 0. The van der Waals surface area contributed by atoms with Crippen LogP contribution in [0, 0.1) is 17.3 Å². The van der Waals surface area contributed by atoms with Crippen LogP contribution in [0.1, 0.15) is 66.2 Å². The molecule has 0 spiro atoms. The van der Waals surface area contributed by atoms with Crippen molar-refractivity contribution in [3.63, 3.8) is 0 Å². The van der Waals surface area contributed by atoms with Crippen LogP contribution in [0.3, 0.4) is 0 Å². The zero-order valence-corrected chi connectivity index (χ0v) is 17.9. The summed E-state index contributed by atoms with van der Waals surface area (Å²) >= 11 is 0. The molecule has 1 heteroatoms. The minimum Gasteiger partial charge on any atom is -0.247 e. The van der Waals surface area contributed by atoms with Crippen LogP contribution in [-0.2, 0) is 0 Å². The van der Waals surface area contributed by atoms with E-state index in [0.717, 1.165) is 31.3 Å². The van der Waals surface area contributed by atoms with Crippen molar-refractivity contribution in [2.75, 3.05) is 6.67 Å². The first kappa shape index (κ1) is 24.9. The van der Waals surface area contributed by atoms with Crippen LogP contribution in [0.4, 0.5) is 4.39 Å².